The maximum atomic E-state index is 11.4. The second-order valence-electron chi connectivity index (χ2n) is 12.6. The van der Waals surface area contributed by atoms with Crippen LogP contribution in [0.5, 0.6) is 17.4 Å². The van der Waals surface area contributed by atoms with E-state index in [2.05, 4.69) is 81.4 Å². The van der Waals surface area contributed by atoms with Gasteiger partial charge in [-0.2, -0.15) is 4.98 Å². The summed E-state index contributed by atoms with van der Waals surface area (Å²) in [5, 5.41) is 13.6. The zero-order valence-corrected chi connectivity index (χ0v) is 24.4. The smallest absolute Gasteiger partial charge is 0.221 e. The molecule has 0 unspecified atom stereocenters. The number of ether oxygens (including phenoxy) is 1. The Morgan fingerprint density at radius 2 is 1.49 bits per heavy atom. The van der Waals surface area contributed by atoms with Crippen molar-refractivity contribution in [1.29, 1.82) is 0 Å². The van der Waals surface area contributed by atoms with Crippen LogP contribution < -0.4 is 4.74 Å². The van der Waals surface area contributed by atoms with E-state index in [1.54, 1.807) is 6.20 Å². The molecule has 0 radical (unpaired) electrons. The molecule has 206 valence electrons. The van der Waals surface area contributed by atoms with Gasteiger partial charge in [0, 0.05) is 34.2 Å². The highest BCUT2D eigenvalue weighted by Gasteiger charge is 2.25. The third kappa shape index (κ3) is 4.93. The Hall–Kier alpha value is -4.64. The van der Waals surface area contributed by atoms with Crippen molar-refractivity contribution in [3.8, 4) is 34.3 Å². The molecule has 3 heterocycles. The molecule has 41 heavy (non-hydrogen) atoms. The monoisotopic (exact) mass is 541 g/mol. The van der Waals surface area contributed by atoms with E-state index < -0.39 is 0 Å². The van der Waals surface area contributed by atoms with Gasteiger partial charge in [-0.1, -0.05) is 84.0 Å². The van der Waals surface area contributed by atoms with E-state index in [1.807, 2.05) is 60.7 Å². The van der Waals surface area contributed by atoms with Crippen LogP contribution in [0, 0.1) is 0 Å². The highest BCUT2D eigenvalue weighted by Crippen LogP contribution is 2.43. The summed E-state index contributed by atoms with van der Waals surface area (Å²) in [5.41, 5.74) is 5.41. The highest BCUT2D eigenvalue weighted by molar-refractivity contribution is 6.07. The van der Waals surface area contributed by atoms with Crippen LogP contribution in [-0.4, -0.2) is 19.6 Å². The van der Waals surface area contributed by atoms with Gasteiger partial charge in [0.1, 0.15) is 23.0 Å². The van der Waals surface area contributed by atoms with Crippen LogP contribution in [0.2, 0.25) is 0 Å². The molecule has 1 N–H and O–H groups in total. The van der Waals surface area contributed by atoms with Gasteiger partial charge in [0.15, 0.2) is 0 Å². The van der Waals surface area contributed by atoms with E-state index in [4.69, 9.17) is 9.72 Å². The van der Waals surface area contributed by atoms with Gasteiger partial charge >= 0.3 is 0 Å². The van der Waals surface area contributed by atoms with Gasteiger partial charge in [-0.15, -0.1) is 0 Å². The van der Waals surface area contributed by atoms with Crippen molar-refractivity contribution in [2.24, 2.45) is 0 Å². The minimum Gasteiger partial charge on any atom is -0.507 e. The Morgan fingerprint density at radius 1 is 0.732 bits per heavy atom. The number of pyridine rings is 2. The molecular weight excluding hydrogens is 506 g/mol. The van der Waals surface area contributed by atoms with Gasteiger partial charge in [0.2, 0.25) is 5.88 Å². The number of para-hydroxylation sites is 1. The lowest BCUT2D eigenvalue weighted by Gasteiger charge is -2.27. The zero-order chi connectivity index (χ0) is 28.9. The summed E-state index contributed by atoms with van der Waals surface area (Å²) in [6.45, 7) is 13.0. The number of nitrogens with zero attached hydrogens (tertiary/aromatic N) is 3. The Labute approximate surface area is 241 Å². The second-order valence-corrected chi connectivity index (χ2v) is 12.6. The van der Waals surface area contributed by atoms with Crippen molar-refractivity contribution in [3.05, 3.63) is 108 Å². The van der Waals surface area contributed by atoms with Crippen molar-refractivity contribution < 1.29 is 9.84 Å². The van der Waals surface area contributed by atoms with Crippen molar-refractivity contribution in [3.63, 3.8) is 0 Å². The lowest BCUT2D eigenvalue weighted by atomic mass is 9.78. The van der Waals surface area contributed by atoms with Gasteiger partial charge in [-0.05, 0) is 64.4 Å². The molecule has 3 aromatic heterocycles. The van der Waals surface area contributed by atoms with E-state index in [9.17, 15) is 5.11 Å². The molecule has 0 aliphatic heterocycles. The maximum Gasteiger partial charge on any atom is 0.221 e. The Balaban J connectivity index is 1.40. The number of phenols is 1. The van der Waals surface area contributed by atoms with E-state index in [-0.39, 0.29) is 10.8 Å². The van der Waals surface area contributed by atoms with E-state index in [1.165, 1.54) is 5.56 Å². The third-order valence-electron chi connectivity index (χ3n) is 7.52. The summed E-state index contributed by atoms with van der Waals surface area (Å²) in [5.74, 6) is 2.16. The number of hydrogen-bond donors (Lipinski definition) is 1. The van der Waals surface area contributed by atoms with E-state index in [0.29, 0.717) is 17.4 Å². The quantitative estimate of drug-likeness (QED) is 0.242. The minimum atomic E-state index is -0.208. The number of benzene rings is 3. The molecule has 0 saturated carbocycles. The number of hydrogen-bond acceptors (Lipinski definition) is 4. The fourth-order valence-electron chi connectivity index (χ4n) is 5.32. The number of aromatic nitrogens is 3. The Kier molecular flexibility index (Phi) is 6.33. The summed E-state index contributed by atoms with van der Waals surface area (Å²) < 4.78 is 8.38. The number of aromatic hydroxyl groups is 1. The van der Waals surface area contributed by atoms with Gasteiger partial charge in [0.25, 0.3) is 0 Å². The SMILES string of the molecule is CC(C)(C)c1cc(-c2cccc(Oc3cccc(-n4c5ccccc5c5cccnc54)n3)c2)c(O)c(C(C)(C)C)c1. The molecule has 0 bridgehead atoms. The fourth-order valence-corrected chi connectivity index (χ4v) is 5.32. The predicted molar refractivity (Wildman–Crippen MR) is 167 cm³/mol. The van der Waals surface area contributed by atoms with Gasteiger partial charge in [-0.25, -0.2) is 4.98 Å². The fraction of sp³-hybridized carbons (Fsp3) is 0.222. The largest absolute Gasteiger partial charge is 0.507 e. The topological polar surface area (TPSA) is 60.2 Å². The van der Waals surface area contributed by atoms with Gasteiger partial charge < -0.3 is 9.84 Å². The lowest BCUT2D eigenvalue weighted by molar-refractivity contribution is 0.446. The average molecular weight is 542 g/mol. The molecule has 0 aliphatic rings. The van der Waals surface area contributed by atoms with Crippen LogP contribution in [0.3, 0.4) is 0 Å². The number of phenolic OH excluding ortho intramolecular Hbond substituents is 1. The molecule has 5 nitrogen and oxygen atoms in total. The van der Waals surface area contributed by atoms with Crippen LogP contribution in [0.15, 0.2) is 97.2 Å². The first-order chi connectivity index (χ1) is 19.5. The van der Waals surface area contributed by atoms with Crippen molar-refractivity contribution in [2.45, 2.75) is 52.4 Å². The van der Waals surface area contributed by atoms with Crippen molar-refractivity contribution >= 4 is 21.9 Å². The molecule has 3 aromatic carbocycles. The molecule has 0 atom stereocenters. The Bertz CT molecular complexity index is 1850. The van der Waals surface area contributed by atoms with E-state index in [0.717, 1.165) is 44.4 Å². The molecule has 0 amide bonds. The summed E-state index contributed by atoms with van der Waals surface area (Å²) in [4.78, 5) is 9.54. The highest BCUT2D eigenvalue weighted by atomic mass is 16.5. The first-order valence-corrected chi connectivity index (χ1v) is 14.0. The van der Waals surface area contributed by atoms with Crippen LogP contribution in [0.25, 0.3) is 38.9 Å². The van der Waals surface area contributed by atoms with Crippen LogP contribution >= 0.6 is 0 Å². The molecule has 0 saturated heterocycles. The van der Waals surface area contributed by atoms with Gasteiger partial charge in [-0.3, -0.25) is 4.57 Å². The predicted octanol–water partition coefficient (Wildman–Crippen LogP) is 9.33. The molecule has 6 rings (SSSR count). The number of rotatable bonds is 4. The average Bonchev–Trinajstić information content (AvgIpc) is 3.27. The maximum absolute atomic E-state index is 11.4. The minimum absolute atomic E-state index is 0.0669. The standard InChI is InChI=1S/C36H35N3O2/c1-35(2,3)24-21-28(33(40)29(22-24)36(4,5)6)23-12-9-13-25(20-23)41-32-18-10-17-31(38-32)39-30-16-8-7-14-26(30)27-15-11-19-37-34(27)39/h7-22,40H,1-6H3. The molecule has 0 aliphatic carbocycles. The normalized spacial score (nSPS) is 12.2. The first-order valence-electron chi connectivity index (χ1n) is 14.0. The van der Waals surface area contributed by atoms with Gasteiger partial charge in [0.05, 0.1) is 5.52 Å². The molecule has 0 spiro atoms. The summed E-state index contributed by atoms with van der Waals surface area (Å²) >= 11 is 0. The Morgan fingerprint density at radius 3 is 2.27 bits per heavy atom. The first kappa shape index (κ1) is 26.6. The van der Waals surface area contributed by atoms with Crippen molar-refractivity contribution in [2.75, 3.05) is 0 Å². The summed E-state index contributed by atoms with van der Waals surface area (Å²) in [6.07, 6.45) is 1.80. The third-order valence-corrected chi connectivity index (χ3v) is 7.52. The molecule has 6 aromatic rings. The van der Waals surface area contributed by atoms with Crippen LogP contribution in [0.4, 0.5) is 0 Å². The van der Waals surface area contributed by atoms with Crippen molar-refractivity contribution in [1.82, 2.24) is 14.5 Å². The number of fused-ring (bicyclic) bond motifs is 3. The molecule has 5 heteroatoms. The zero-order valence-electron chi connectivity index (χ0n) is 24.4. The van der Waals surface area contributed by atoms with Crippen LogP contribution in [0.1, 0.15) is 52.7 Å². The summed E-state index contributed by atoms with van der Waals surface area (Å²) in [6, 6.07) is 30.1. The van der Waals surface area contributed by atoms with E-state index >= 15 is 0 Å². The molecular formula is C36H35N3O2. The van der Waals surface area contributed by atoms with Crippen LogP contribution in [-0.2, 0) is 10.8 Å². The summed E-state index contributed by atoms with van der Waals surface area (Å²) in [7, 11) is 0. The lowest BCUT2D eigenvalue weighted by Crippen LogP contribution is -2.17. The molecule has 0 fully saturated rings. The second kappa shape index (κ2) is 9.77.